The smallest absolute Gasteiger partial charge is 0.270 e. The van der Waals surface area contributed by atoms with Crippen LogP contribution in [0.15, 0.2) is 36.4 Å². The Labute approximate surface area is 165 Å². The molecule has 1 aromatic carbocycles. The first-order chi connectivity index (χ1) is 13.5. The van der Waals surface area contributed by atoms with Crippen LogP contribution in [0.5, 0.6) is 11.5 Å². The molecule has 1 unspecified atom stereocenters. The monoisotopic (exact) mass is 385 g/mol. The summed E-state index contributed by atoms with van der Waals surface area (Å²) in [5, 5.41) is 5.67. The third-order valence-corrected chi connectivity index (χ3v) is 4.35. The predicted octanol–water partition coefficient (Wildman–Crippen LogP) is 2.60. The van der Waals surface area contributed by atoms with E-state index >= 15 is 0 Å². The molecular formula is C21H27N3O4. The molecule has 150 valence electrons. The van der Waals surface area contributed by atoms with Gasteiger partial charge in [0.05, 0.1) is 14.2 Å². The molecule has 0 fully saturated rings. The number of pyridine rings is 1. The van der Waals surface area contributed by atoms with Gasteiger partial charge in [0.2, 0.25) is 0 Å². The van der Waals surface area contributed by atoms with Crippen molar-refractivity contribution >= 4 is 11.8 Å². The van der Waals surface area contributed by atoms with Gasteiger partial charge >= 0.3 is 0 Å². The first kappa shape index (κ1) is 21.2. The Morgan fingerprint density at radius 3 is 2.36 bits per heavy atom. The molecule has 2 aromatic rings. The average Bonchev–Trinajstić information content (AvgIpc) is 2.73. The van der Waals surface area contributed by atoms with Crippen molar-refractivity contribution in [2.24, 2.45) is 0 Å². The van der Waals surface area contributed by atoms with E-state index < -0.39 is 0 Å². The molecule has 0 radical (unpaired) electrons. The number of methoxy groups -OCH3 is 2. The summed E-state index contributed by atoms with van der Waals surface area (Å²) < 4.78 is 10.5. The van der Waals surface area contributed by atoms with Gasteiger partial charge < -0.3 is 20.1 Å². The van der Waals surface area contributed by atoms with Crippen molar-refractivity contribution in [3.63, 3.8) is 0 Å². The molecule has 0 bridgehead atoms. The van der Waals surface area contributed by atoms with E-state index in [0.717, 1.165) is 12.0 Å². The zero-order chi connectivity index (χ0) is 20.5. The van der Waals surface area contributed by atoms with Gasteiger partial charge in [-0.15, -0.1) is 0 Å². The fourth-order valence-corrected chi connectivity index (χ4v) is 2.53. The molecule has 0 aliphatic carbocycles. The lowest BCUT2D eigenvalue weighted by atomic mass is 10.1. The molecular weight excluding hydrogens is 358 g/mol. The van der Waals surface area contributed by atoms with Crippen LogP contribution in [-0.2, 0) is 6.42 Å². The van der Waals surface area contributed by atoms with E-state index in [-0.39, 0.29) is 29.2 Å². The first-order valence-electron chi connectivity index (χ1n) is 9.25. The predicted molar refractivity (Wildman–Crippen MR) is 107 cm³/mol. The Morgan fingerprint density at radius 2 is 1.71 bits per heavy atom. The van der Waals surface area contributed by atoms with Crippen molar-refractivity contribution in [1.82, 2.24) is 15.6 Å². The van der Waals surface area contributed by atoms with Gasteiger partial charge in [-0.2, -0.15) is 0 Å². The maximum Gasteiger partial charge on any atom is 0.270 e. The van der Waals surface area contributed by atoms with Gasteiger partial charge in [-0.25, -0.2) is 4.98 Å². The van der Waals surface area contributed by atoms with Crippen LogP contribution in [0.25, 0.3) is 0 Å². The number of nitrogens with one attached hydrogen (secondary N) is 2. The normalized spacial score (nSPS) is 11.4. The van der Waals surface area contributed by atoms with Gasteiger partial charge in [0, 0.05) is 12.6 Å². The van der Waals surface area contributed by atoms with Crippen LogP contribution < -0.4 is 20.1 Å². The number of carbonyl (C=O) groups is 2. The van der Waals surface area contributed by atoms with E-state index in [0.29, 0.717) is 24.5 Å². The zero-order valence-electron chi connectivity index (χ0n) is 16.7. The Bertz CT molecular complexity index is 823. The van der Waals surface area contributed by atoms with Crippen LogP contribution in [-0.4, -0.2) is 43.6 Å². The molecule has 1 atom stereocenters. The fraction of sp³-hybridized carbons (Fsp3) is 0.381. The maximum absolute atomic E-state index is 12.4. The molecule has 0 saturated heterocycles. The molecule has 7 nitrogen and oxygen atoms in total. The molecule has 28 heavy (non-hydrogen) atoms. The third-order valence-electron chi connectivity index (χ3n) is 4.35. The number of carbonyl (C=O) groups excluding carboxylic acids is 2. The summed E-state index contributed by atoms with van der Waals surface area (Å²) in [6, 6.07) is 10.5. The summed E-state index contributed by atoms with van der Waals surface area (Å²) in [4.78, 5) is 28.7. The van der Waals surface area contributed by atoms with Gasteiger partial charge in [-0.1, -0.05) is 19.1 Å². The van der Waals surface area contributed by atoms with Gasteiger partial charge in [0.1, 0.15) is 11.4 Å². The molecule has 1 aromatic heterocycles. The van der Waals surface area contributed by atoms with Crippen molar-refractivity contribution in [2.75, 3.05) is 20.8 Å². The van der Waals surface area contributed by atoms with Crippen molar-refractivity contribution in [3.05, 3.63) is 53.3 Å². The highest BCUT2D eigenvalue weighted by atomic mass is 16.5. The molecule has 0 aliphatic heterocycles. The summed E-state index contributed by atoms with van der Waals surface area (Å²) in [5.74, 6) is 0.702. The average molecular weight is 385 g/mol. The second-order valence-electron chi connectivity index (χ2n) is 6.39. The molecule has 0 saturated carbocycles. The van der Waals surface area contributed by atoms with E-state index in [1.807, 2.05) is 32.0 Å². The maximum atomic E-state index is 12.4. The van der Waals surface area contributed by atoms with E-state index in [1.165, 1.54) is 0 Å². The van der Waals surface area contributed by atoms with Gasteiger partial charge in [0.15, 0.2) is 11.5 Å². The van der Waals surface area contributed by atoms with Crippen molar-refractivity contribution in [3.8, 4) is 11.5 Å². The summed E-state index contributed by atoms with van der Waals surface area (Å²) in [7, 11) is 3.17. The second kappa shape index (κ2) is 10.3. The van der Waals surface area contributed by atoms with Crippen molar-refractivity contribution in [1.29, 1.82) is 0 Å². The van der Waals surface area contributed by atoms with Gasteiger partial charge in [-0.05, 0) is 49.6 Å². The standard InChI is InChI=1S/C21H27N3O4/c1-5-14(2)23-21(26)17-8-6-7-16(24-17)20(25)22-12-11-15-9-10-18(27-3)19(13-15)28-4/h6-10,13-14H,5,11-12H2,1-4H3,(H,22,25)(H,23,26). The lowest BCUT2D eigenvalue weighted by Gasteiger charge is -2.12. The molecule has 7 heteroatoms. The molecule has 0 spiro atoms. The fourth-order valence-electron chi connectivity index (χ4n) is 2.53. The first-order valence-corrected chi connectivity index (χ1v) is 9.25. The number of ether oxygens (including phenoxy) is 2. The summed E-state index contributed by atoms with van der Waals surface area (Å²) >= 11 is 0. The lowest BCUT2D eigenvalue weighted by Crippen LogP contribution is -2.33. The summed E-state index contributed by atoms with van der Waals surface area (Å²) in [6.07, 6.45) is 1.45. The van der Waals surface area contributed by atoms with Crippen LogP contribution >= 0.6 is 0 Å². The minimum absolute atomic E-state index is 0.0493. The zero-order valence-corrected chi connectivity index (χ0v) is 16.7. The molecule has 2 amide bonds. The quantitative estimate of drug-likeness (QED) is 0.693. The van der Waals surface area contributed by atoms with Crippen LogP contribution in [0.3, 0.4) is 0 Å². The number of hydrogen-bond donors (Lipinski definition) is 2. The number of aromatic nitrogens is 1. The van der Waals surface area contributed by atoms with Crippen LogP contribution in [0.1, 0.15) is 46.8 Å². The third kappa shape index (κ3) is 5.70. The van der Waals surface area contributed by atoms with E-state index in [9.17, 15) is 9.59 Å². The number of hydrogen-bond acceptors (Lipinski definition) is 5. The molecule has 2 rings (SSSR count). The molecule has 2 N–H and O–H groups in total. The minimum atomic E-state index is -0.321. The van der Waals surface area contributed by atoms with Crippen molar-refractivity contribution < 1.29 is 19.1 Å². The Hall–Kier alpha value is -3.09. The van der Waals surface area contributed by atoms with Gasteiger partial charge in [-0.3, -0.25) is 9.59 Å². The van der Waals surface area contributed by atoms with Crippen LogP contribution in [0.2, 0.25) is 0 Å². The second-order valence-corrected chi connectivity index (χ2v) is 6.39. The van der Waals surface area contributed by atoms with Crippen LogP contribution in [0.4, 0.5) is 0 Å². The van der Waals surface area contributed by atoms with E-state index in [4.69, 9.17) is 9.47 Å². The number of nitrogens with zero attached hydrogens (tertiary/aromatic N) is 1. The summed E-state index contributed by atoms with van der Waals surface area (Å²) in [5.41, 5.74) is 1.45. The number of rotatable bonds is 9. The SMILES string of the molecule is CCC(C)NC(=O)c1cccc(C(=O)NCCc2ccc(OC)c(OC)c2)n1. The van der Waals surface area contributed by atoms with Crippen LogP contribution in [0, 0.1) is 0 Å². The van der Waals surface area contributed by atoms with Crippen molar-refractivity contribution in [2.45, 2.75) is 32.7 Å². The molecule has 1 heterocycles. The highest BCUT2D eigenvalue weighted by Crippen LogP contribution is 2.27. The topological polar surface area (TPSA) is 89.6 Å². The Kier molecular flexibility index (Phi) is 7.80. The number of benzene rings is 1. The minimum Gasteiger partial charge on any atom is -0.493 e. The highest BCUT2D eigenvalue weighted by Gasteiger charge is 2.13. The largest absolute Gasteiger partial charge is 0.493 e. The Balaban J connectivity index is 1.95. The molecule has 0 aliphatic rings. The Morgan fingerprint density at radius 1 is 1.04 bits per heavy atom. The van der Waals surface area contributed by atoms with E-state index in [1.54, 1.807) is 32.4 Å². The number of amides is 2. The lowest BCUT2D eigenvalue weighted by molar-refractivity contribution is 0.0933. The highest BCUT2D eigenvalue weighted by molar-refractivity contribution is 5.96. The van der Waals surface area contributed by atoms with Gasteiger partial charge in [0.25, 0.3) is 11.8 Å². The summed E-state index contributed by atoms with van der Waals surface area (Å²) in [6.45, 7) is 4.34. The van der Waals surface area contributed by atoms with E-state index in [2.05, 4.69) is 15.6 Å².